The predicted molar refractivity (Wildman–Crippen MR) is 79.4 cm³/mol. The summed E-state index contributed by atoms with van der Waals surface area (Å²) in [6.45, 7) is 0.562. The van der Waals surface area contributed by atoms with Crippen LogP contribution < -0.4 is 10.1 Å². The number of ether oxygens (including phenoxy) is 1. The van der Waals surface area contributed by atoms with Gasteiger partial charge < -0.3 is 15.2 Å². The minimum atomic E-state index is -0.938. The standard InChI is InChI=1S/C15H12BrNO3/c16-11-7-9(15(18)19)5-6-12(11)17-13-8-20-14-4-2-1-3-10(13)14/h1-7,13,17H,8H2,(H,18,19). The molecule has 1 aliphatic rings. The fourth-order valence-corrected chi connectivity index (χ4v) is 2.73. The van der Waals surface area contributed by atoms with Crippen molar-refractivity contribution in [2.75, 3.05) is 11.9 Å². The van der Waals surface area contributed by atoms with Crippen molar-refractivity contribution in [1.29, 1.82) is 0 Å². The number of carboxylic acids is 1. The van der Waals surface area contributed by atoms with E-state index in [0.717, 1.165) is 21.5 Å². The summed E-state index contributed by atoms with van der Waals surface area (Å²) in [5, 5.41) is 12.3. The van der Waals surface area contributed by atoms with Crippen LogP contribution in [0.2, 0.25) is 0 Å². The van der Waals surface area contributed by atoms with Gasteiger partial charge >= 0.3 is 5.97 Å². The fourth-order valence-electron chi connectivity index (χ4n) is 2.24. The summed E-state index contributed by atoms with van der Waals surface area (Å²) in [7, 11) is 0. The minimum Gasteiger partial charge on any atom is -0.491 e. The molecule has 0 aromatic heterocycles. The Bertz CT molecular complexity index is 672. The summed E-state index contributed by atoms with van der Waals surface area (Å²) >= 11 is 3.40. The van der Waals surface area contributed by atoms with Crippen molar-refractivity contribution in [2.45, 2.75) is 6.04 Å². The number of nitrogens with one attached hydrogen (secondary N) is 1. The molecule has 0 saturated carbocycles. The van der Waals surface area contributed by atoms with Crippen LogP contribution in [0, 0.1) is 0 Å². The third-order valence-electron chi connectivity index (χ3n) is 3.25. The molecule has 2 N–H and O–H groups in total. The monoisotopic (exact) mass is 333 g/mol. The van der Waals surface area contributed by atoms with E-state index < -0.39 is 5.97 Å². The second-order valence-electron chi connectivity index (χ2n) is 4.55. The van der Waals surface area contributed by atoms with Gasteiger partial charge in [0.2, 0.25) is 0 Å². The SMILES string of the molecule is O=C(O)c1ccc(NC2COc3ccccc32)c(Br)c1. The van der Waals surface area contributed by atoms with Crippen molar-refractivity contribution in [2.24, 2.45) is 0 Å². The van der Waals surface area contributed by atoms with Crippen molar-refractivity contribution >= 4 is 27.6 Å². The van der Waals surface area contributed by atoms with Crippen LogP contribution in [0.3, 0.4) is 0 Å². The van der Waals surface area contributed by atoms with Crippen LogP contribution >= 0.6 is 15.9 Å². The summed E-state index contributed by atoms with van der Waals surface area (Å²) in [5.74, 6) is -0.0462. The van der Waals surface area contributed by atoms with E-state index in [0.29, 0.717) is 6.61 Å². The van der Waals surface area contributed by atoms with Crippen molar-refractivity contribution in [1.82, 2.24) is 0 Å². The van der Waals surface area contributed by atoms with E-state index in [1.54, 1.807) is 18.2 Å². The predicted octanol–water partition coefficient (Wildman–Crippen LogP) is 3.69. The maximum Gasteiger partial charge on any atom is 0.335 e. The van der Waals surface area contributed by atoms with Crippen molar-refractivity contribution in [3.05, 3.63) is 58.1 Å². The molecule has 4 nitrogen and oxygen atoms in total. The molecular formula is C15H12BrNO3. The van der Waals surface area contributed by atoms with Crippen molar-refractivity contribution in [3.63, 3.8) is 0 Å². The van der Waals surface area contributed by atoms with E-state index in [9.17, 15) is 4.79 Å². The first-order valence-corrected chi connectivity index (χ1v) is 6.95. The van der Waals surface area contributed by atoms with Crippen LogP contribution in [0.15, 0.2) is 46.9 Å². The maximum atomic E-state index is 10.9. The lowest BCUT2D eigenvalue weighted by molar-refractivity contribution is 0.0697. The molecule has 2 aromatic carbocycles. The third-order valence-corrected chi connectivity index (χ3v) is 3.90. The van der Waals surface area contributed by atoms with Gasteiger partial charge in [-0.2, -0.15) is 0 Å². The van der Waals surface area contributed by atoms with Gasteiger partial charge in [-0.05, 0) is 40.2 Å². The first-order valence-electron chi connectivity index (χ1n) is 6.16. The zero-order valence-corrected chi connectivity index (χ0v) is 12.1. The quantitative estimate of drug-likeness (QED) is 0.899. The summed E-state index contributed by atoms with van der Waals surface area (Å²) in [5.41, 5.74) is 2.22. The highest BCUT2D eigenvalue weighted by molar-refractivity contribution is 9.10. The minimum absolute atomic E-state index is 0.0678. The smallest absolute Gasteiger partial charge is 0.335 e. The molecule has 1 unspecified atom stereocenters. The van der Waals surface area contributed by atoms with E-state index in [1.807, 2.05) is 24.3 Å². The molecule has 2 aromatic rings. The maximum absolute atomic E-state index is 10.9. The number of carbonyl (C=O) groups is 1. The highest BCUT2D eigenvalue weighted by Crippen LogP contribution is 2.35. The van der Waals surface area contributed by atoms with Gasteiger partial charge in [-0.1, -0.05) is 18.2 Å². The number of aromatic carboxylic acids is 1. The number of hydrogen-bond acceptors (Lipinski definition) is 3. The molecule has 0 fully saturated rings. The first kappa shape index (κ1) is 13.0. The average Bonchev–Trinajstić information content (AvgIpc) is 2.84. The molecule has 0 spiro atoms. The lowest BCUT2D eigenvalue weighted by atomic mass is 10.1. The summed E-state index contributed by atoms with van der Waals surface area (Å²) in [4.78, 5) is 10.9. The first-order chi connectivity index (χ1) is 9.65. The van der Waals surface area contributed by atoms with Crippen molar-refractivity contribution in [3.8, 4) is 5.75 Å². The lowest BCUT2D eigenvalue weighted by Gasteiger charge is -2.15. The molecule has 0 bridgehead atoms. The normalized spacial score (nSPS) is 16.4. The Morgan fingerprint density at radius 2 is 2.10 bits per heavy atom. The van der Waals surface area contributed by atoms with Crippen LogP contribution in [-0.2, 0) is 0 Å². The zero-order chi connectivity index (χ0) is 14.1. The highest BCUT2D eigenvalue weighted by atomic mass is 79.9. The summed E-state index contributed by atoms with van der Waals surface area (Å²) < 4.78 is 6.34. The van der Waals surface area contributed by atoms with Gasteiger partial charge in [-0.3, -0.25) is 0 Å². The number of rotatable bonds is 3. The third kappa shape index (κ3) is 2.36. The average molecular weight is 334 g/mol. The second kappa shape index (κ2) is 5.17. The zero-order valence-electron chi connectivity index (χ0n) is 10.5. The van der Waals surface area contributed by atoms with E-state index in [1.165, 1.54) is 0 Å². The van der Waals surface area contributed by atoms with E-state index in [2.05, 4.69) is 21.2 Å². The Hall–Kier alpha value is -2.01. The highest BCUT2D eigenvalue weighted by Gasteiger charge is 2.23. The molecule has 0 radical (unpaired) electrons. The number of carboxylic acid groups (broad SMARTS) is 1. The Kier molecular flexibility index (Phi) is 3.36. The van der Waals surface area contributed by atoms with Crippen LogP contribution in [0.25, 0.3) is 0 Å². The number of fused-ring (bicyclic) bond motifs is 1. The Morgan fingerprint density at radius 1 is 1.30 bits per heavy atom. The molecule has 1 atom stereocenters. The molecule has 1 heterocycles. The summed E-state index contributed by atoms with van der Waals surface area (Å²) in [6.07, 6.45) is 0. The van der Waals surface area contributed by atoms with E-state index >= 15 is 0 Å². The van der Waals surface area contributed by atoms with Crippen molar-refractivity contribution < 1.29 is 14.6 Å². The lowest BCUT2D eigenvalue weighted by Crippen LogP contribution is -2.12. The van der Waals surface area contributed by atoms with Gasteiger partial charge in [0, 0.05) is 15.7 Å². The van der Waals surface area contributed by atoms with Gasteiger partial charge in [0.05, 0.1) is 11.6 Å². The molecular weight excluding hydrogens is 322 g/mol. The van der Waals surface area contributed by atoms with Gasteiger partial charge in [0.1, 0.15) is 12.4 Å². The van der Waals surface area contributed by atoms with E-state index in [-0.39, 0.29) is 11.6 Å². The Labute approximate surface area is 124 Å². The molecule has 0 saturated heterocycles. The molecule has 0 aliphatic carbocycles. The molecule has 5 heteroatoms. The largest absolute Gasteiger partial charge is 0.491 e. The Morgan fingerprint density at radius 3 is 2.85 bits per heavy atom. The van der Waals surface area contributed by atoms with Crippen LogP contribution in [0.1, 0.15) is 22.0 Å². The molecule has 1 aliphatic heterocycles. The molecule has 102 valence electrons. The van der Waals surface area contributed by atoms with Gasteiger partial charge in [0.25, 0.3) is 0 Å². The number of para-hydroxylation sites is 1. The van der Waals surface area contributed by atoms with E-state index in [4.69, 9.17) is 9.84 Å². The molecule has 3 rings (SSSR count). The number of halogens is 1. The fraction of sp³-hybridized carbons (Fsp3) is 0.133. The number of benzene rings is 2. The second-order valence-corrected chi connectivity index (χ2v) is 5.40. The van der Waals surface area contributed by atoms with Gasteiger partial charge in [-0.25, -0.2) is 4.79 Å². The number of anilines is 1. The van der Waals surface area contributed by atoms with Crippen LogP contribution in [0.5, 0.6) is 5.75 Å². The van der Waals surface area contributed by atoms with Gasteiger partial charge in [-0.15, -0.1) is 0 Å². The molecule has 0 amide bonds. The Balaban J connectivity index is 1.84. The summed E-state index contributed by atoms with van der Waals surface area (Å²) in [6, 6.07) is 12.9. The van der Waals surface area contributed by atoms with Crippen LogP contribution in [0.4, 0.5) is 5.69 Å². The molecule has 20 heavy (non-hydrogen) atoms. The van der Waals surface area contributed by atoms with Gasteiger partial charge in [0.15, 0.2) is 0 Å². The van der Waals surface area contributed by atoms with Crippen LogP contribution in [-0.4, -0.2) is 17.7 Å². The topological polar surface area (TPSA) is 58.6 Å². The number of hydrogen-bond donors (Lipinski definition) is 2.